The Kier molecular flexibility index (Phi) is 2.96. The first-order valence-corrected chi connectivity index (χ1v) is 5.84. The molecule has 0 saturated carbocycles. The van der Waals surface area contributed by atoms with Gasteiger partial charge in [0, 0.05) is 12.1 Å². The lowest BCUT2D eigenvalue weighted by atomic mass is 9.90. The van der Waals surface area contributed by atoms with Crippen LogP contribution in [0.1, 0.15) is 19.4 Å². The molecule has 4 nitrogen and oxygen atoms in total. The molecule has 0 amide bonds. The van der Waals surface area contributed by atoms with Gasteiger partial charge in [0.1, 0.15) is 5.75 Å². The van der Waals surface area contributed by atoms with Gasteiger partial charge in [0.15, 0.2) is 5.96 Å². The second-order valence-electron chi connectivity index (χ2n) is 4.39. The lowest BCUT2D eigenvalue weighted by Gasteiger charge is -2.36. The molecule has 0 aromatic heterocycles. The first-order chi connectivity index (χ1) is 8.13. The second-order valence-corrected chi connectivity index (χ2v) is 4.39. The molecule has 17 heavy (non-hydrogen) atoms. The van der Waals surface area contributed by atoms with Crippen LogP contribution in [-0.4, -0.2) is 31.1 Å². The van der Waals surface area contributed by atoms with Crippen LogP contribution in [0.5, 0.6) is 5.75 Å². The van der Waals surface area contributed by atoms with E-state index in [0.717, 1.165) is 17.9 Å². The highest BCUT2D eigenvalue weighted by molar-refractivity contribution is 5.81. The minimum Gasteiger partial charge on any atom is -0.496 e. The van der Waals surface area contributed by atoms with E-state index >= 15 is 0 Å². The number of nitrogens with zero attached hydrogens (tertiary/aromatic N) is 2. The van der Waals surface area contributed by atoms with Crippen molar-refractivity contribution in [2.75, 3.05) is 20.2 Å². The number of nitrogens with two attached hydrogens (primary N) is 1. The third kappa shape index (κ3) is 1.73. The smallest absolute Gasteiger partial charge is 0.192 e. The van der Waals surface area contributed by atoms with Gasteiger partial charge >= 0.3 is 0 Å². The Labute approximate surface area is 102 Å². The fourth-order valence-electron chi connectivity index (χ4n) is 2.49. The summed E-state index contributed by atoms with van der Waals surface area (Å²) in [5, 5.41) is 0. The van der Waals surface area contributed by atoms with Crippen molar-refractivity contribution in [3.63, 3.8) is 0 Å². The lowest BCUT2D eigenvalue weighted by molar-refractivity contribution is 0.227. The van der Waals surface area contributed by atoms with Gasteiger partial charge in [0.25, 0.3) is 0 Å². The van der Waals surface area contributed by atoms with E-state index in [1.165, 1.54) is 0 Å². The Morgan fingerprint density at radius 3 is 2.82 bits per heavy atom. The zero-order valence-corrected chi connectivity index (χ0v) is 10.6. The number of guanidine groups is 1. The van der Waals surface area contributed by atoms with Gasteiger partial charge in [-0.25, -0.2) is 0 Å². The van der Waals surface area contributed by atoms with Crippen LogP contribution >= 0.6 is 0 Å². The quantitative estimate of drug-likeness (QED) is 0.862. The largest absolute Gasteiger partial charge is 0.496 e. The van der Waals surface area contributed by atoms with E-state index in [4.69, 9.17) is 10.5 Å². The summed E-state index contributed by atoms with van der Waals surface area (Å²) in [7, 11) is 1.69. The topological polar surface area (TPSA) is 50.8 Å². The lowest BCUT2D eigenvalue weighted by Crippen LogP contribution is -2.47. The minimum absolute atomic E-state index is 0.203. The number of methoxy groups -OCH3 is 1. The molecule has 1 aromatic rings. The molecule has 1 aliphatic rings. The number of para-hydroxylation sites is 1. The number of ether oxygens (including phenoxy) is 1. The molecule has 0 spiro atoms. The number of hydrogen-bond donors (Lipinski definition) is 1. The Balaban J connectivity index is 2.45. The molecular formula is C13H19N3O. The zero-order valence-electron chi connectivity index (χ0n) is 10.6. The van der Waals surface area contributed by atoms with Crippen molar-refractivity contribution in [2.45, 2.75) is 19.4 Å². The van der Waals surface area contributed by atoms with Crippen molar-refractivity contribution in [1.82, 2.24) is 4.90 Å². The molecule has 1 unspecified atom stereocenters. The maximum atomic E-state index is 5.93. The van der Waals surface area contributed by atoms with Crippen LogP contribution in [0.15, 0.2) is 29.3 Å². The second kappa shape index (κ2) is 4.28. The summed E-state index contributed by atoms with van der Waals surface area (Å²) in [5.74, 6) is 1.50. The fourth-order valence-corrected chi connectivity index (χ4v) is 2.49. The molecule has 0 fully saturated rings. The van der Waals surface area contributed by atoms with Crippen LogP contribution in [0.4, 0.5) is 0 Å². The van der Waals surface area contributed by atoms with Crippen molar-refractivity contribution < 1.29 is 4.74 Å². The van der Waals surface area contributed by atoms with Gasteiger partial charge in [-0.15, -0.1) is 0 Å². The van der Waals surface area contributed by atoms with E-state index in [1.807, 2.05) is 18.2 Å². The van der Waals surface area contributed by atoms with Gasteiger partial charge in [-0.2, -0.15) is 0 Å². The van der Waals surface area contributed by atoms with E-state index < -0.39 is 0 Å². The van der Waals surface area contributed by atoms with Gasteiger partial charge < -0.3 is 15.4 Å². The maximum Gasteiger partial charge on any atom is 0.192 e. The van der Waals surface area contributed by atoms with Gasteiger partial charge in [0.2, 0.25) is 0 Å². The van der Waals surface area contributed by atoms with E-state index in [2.05, 4.69) is 29.8 Å². The number of likely N-dealkylation sites (N-methyl/N-ethyl adjacent to an activating group) is 1. The van der Waals surface area contributed by atoms with E-state index in [-0.39, 0.29) is 5.54 Å². The molecule has 2 rings (SSSR count). The number of rotatable bonds is 3. The normalized spacial score (nSPS) is 23.7. The van der Waals surface area contributed by atoms with Crippen LogP contribution < -0.4 is 10.5 Å². The van der Waals surface area contributed by atoms with Crippen LogP contribution in [0, 0.1) is 0 Å². The summed E-state index contributed by atoms with van der Waals surface area (Å²) < 4.78 is 5.43. The number of benzene rings is 1. The standard InChI is InChI=1S/C13H19N3O/c1-4-16-12(14)15-9-13(16,2)10-7-5-6-8-11(10)17-3/h5-8H,4,9H2,1-3H3,(H2,14,15). The molecule has 0 saturated heterocycles. The molecule has 0 radical (unpaired) electrons. The SMILES string of the molecule is CCN1C(N)=NCC1(C)c1ccccc1OC. The molecule has 1 aromatic carbocycles. The third-order valence-electron chi connectivity index (χ3n) is 3.42. The van der Waals surface area contributed by atoms with Crippen LogP contribution in [0.2, 0.25) is 0 Å². The Morgan fingerprint density at radius 2 is 2.18 bits per heavy atom. The van der Waals surface area contributed by atoms with Crippen molar-refractivity contribution in [1.29, 1.82) is 0 Å². The Hall–Kier alpha value is -1.71. The first kappa shape index (κ1) is 11.8. The van der Waals surface area contributed by atoms with Gasteiger partial charge in [-0.3, -0.25) is 4.99 Å². The summed E-state index contributed by atoms with van der Waals surface area (Å²) in [6.07, 6.45) is 0. The summed E-state index contributed by atoms with van der Waals surface area (Å²) in [6, 6.07) is 8.05. The van der Waals surface area contributed by atoms with Gasteiger partial charge in [0.05, 0.1) is 19.2 Å². The predicted octanol–water partition coefficient (Wildman–Crippen LogP) is 1.56. The van der Waals surface area contributed by atoms with Crippen LogP contribution in [0.25, 0.3) is 0 Å². The monoisotopic (exact) mass is 233 g/mol. The molecule has 92 valence electrons. The number of hydrogen-bond acceptors (Lipinski definition) is 4. The van der Waals surface area contributed by atoms with Crippen LogP contribution in [-0.2, 0) is 5.54 Å². The molecule has 4 heteroatoms. The van der Waals surface area contributed by atoms with Gasteiger partial charge in [-0.1, -0.05) is 18.2 Å². The van der Waals surface area contributed by atoms with Crippen molar-refractivity contribution in [2.24, 2.45) is 10.7 Å². The molecule has 1 atom stereocenters. The highest BCUT2D eigenvalue weighted by atomic mass is 16.5. The molecular weight excluding hydrogens is 214 g/mol. The van der Waals surface area contributed by atoms with E-state index in [9.17, 15) is 0 Å². The van der Waals surface area contributed by atoms with Gasteiger partial charge in [-0.05, 0) is 19.9 Å². The van der Waals surface area contributed by atoms with Crippen LogP contribution in [0.3, 0.4) is 0 Å². The Bertz CT molecular complexity index is 444. The maximum absolute atomic E-state index is 5.93. The average molecular weight is 233 g/mol. The molecule has 1 aliphatic heterocycles. The summed E-state index contributed by atoms with van der Waals surface area (Å²) >= 11 is 0. The molecule has 2 N–H and O–H groups in total. The average Bonchev–Trinajstić information content (AvgIpc) is 2.66. The molecule has 1 heterocycles. The van der Waals surface area contributed by atoms with Crippen molar-refractivity contribution >= 4 is 5.96 Å². The summed E-state index contributed by atoms with van der Waals surface area (Å²) in [4.78, 5) is 6.47. The summed E-state index contributed by atoms with van der Waals surface area (Å²) in [6.45, 7) is 5.75. The highest BCUT2D eigenvalue weighted by Crippen LogP contribution is 2.37. The van der Waals surface area contributed by atoms with E-state index in [0.29, 0.717) is 12.5 Å². The molecule has 0 aliphatic carbocycles. The van der Waals surface area contributed by atoms with Crippen molar-refractivity contribution in [3.05, 3.63) is 29.8 Å². The minimum atomic E-state index is -0.203. The number of aliphatic imine (C=N–C) groups is 1. The zero-order chi connectivity index (χ0) is 12.5. The predicted molar refractivity (Wildman–Crippen MR) is 69.2 cm³/mol. The van der Waals surface area contributed by atoms with E-state index in [1.54, 1.807) is 7.11 Å². The molecule has 0 bridgehead atoms. The van der Waals surface area contributed by atoms with Crippen molar-refractivity contribution in [3.8, 4) is 5.75 Å². The third-order valence-corrected chi connectivity index (χ3v) is 3.42. The fraction of sp³-hybridized carbons (Fsp3) is 0.462. The summed E-state index contributed by atoms with van der Waals surface area (Å²) in [5.41, 5.74) is 6.86. The first-order valence-electron chi connectivity index (χ1n) is 5.84. The Morgan fingerprint density at radius 1 is 1.47 bits per heavy atom. The highest BCUT2D eigenvalue weighted by Gasteiger charge is 2.40.